The van der Waals surface area contributed by atoms with Crippen LogP contribution in [0.1, 0.15) is 43.1 Å². The Kier molecular flexibility index (Phi) is 3.21. The summed E-state index contributed by atoms with van der Waals surface area (Å²) in [5, 5.41) is 6.78. The summed E-state index contributed by atoms with van der Waals surface area (Å²) in [4.78, 5) is 12.3. The Morgan fingerprint density at radius 1 is 1.50 bits per heavy atom. The Morgan fingerprint density at radius 3 is 2.64 bits per heavy atom. The lowest BCUT2D eigenvalue weighted by Crippen LogP contribution is -2.40. The summed E-state index contributed by atoms with van der Waals surface area (Å²) >= 11 is 1.15. The SMILES string of the molecule is CCc1nnsc1C(=O)NC(C)(C)C. The van der Waals surface area contributed by atoms with E-state index in [0.29, 0.717) is 4.88 Å². The molecule has 0 aromatic carbocycles. The number of amides is 1. The molecule has 1 heterocycles. The van der Waals surface area contributed by atoms with Gasteiger partial charge in [0, 0.05) is 5.54 Å². The first-order valence-electron chi connectivity index (χ1n) is 4.58. The molecule has 0 bridgehead atoms. The minimum absolute atomic E-state index is 0.0793. The van der Waals surface area contributed by atoms with E-state index in [1.165, 1.54) is 0 Å². The monoisotopic (exact) mass is 213 g/mol. The van der Waals surface area contributed by atoms with Crippen molar-refractivity contribution in [2.45, 2.75) is 39.7 Å². The number of aryl methyl sites for hydroxylation is 1. The summed E-state index contributed by atoms with van der Waals surface area (Å²) in [6.45, 7) is 7.81. The quantitative estimate of drug-likeness (QED) is 0.812. The van der Waals surface area contributed by atoms with Gasteiger partial charge in [0.25, 0.3) is 5.91 Å². The van der Waals surface area contributed by atoms with Gasteiger partial charge in [0.2, 0.25) is 0 Å². The van der Waals surface area contributed by atoms with Crippen LogP contribution in [0.25, 0.3) is 0 Å². The first-order valence-corrected chi connectivity index (χ1v) is 5.35. The van der Waals surface area contributed by atoms with Crippen LogP contribution < -0.4 is 5.32 Å². The molecule has 78 valence electrons. The fraction of sp³-hybridized carbons (Fsp3) is 0.667. The molecule has 0 aliphatic rings. The van der Waals surface area contributed by atoms with Crippen LogP contribution in [0.2, 0.25) is 0 Å². The van der Waals surface area contributed by atoms with E-state index in [1.54, 1.807) is 0 Å². The molecule has 1 amide bonds. The summed E-state index contributed by atoms with van der Waals surface area (Å²) in [6, 6.07) is 0. The lowest BCUT2D eigenvalue weighted by Gasteiger charge is -2.19. The van der Waals surface area contributed by atoms with Crippen LogP contribution in [-0.2, 0) is 6.42 Å². The maximum absolute atomic E-state index is 11.7. The standard InChI is InChI=1S/C9H15N3OS/c1-5-6-7(14-12-11-6)8(13)10-9(2,3)4/h5H2,1-4H3,(H,10,13). The van der Waals surface area contributed by atoms with E-state index in [4.69, 9.17) is 0 Å². The van der Waals surface area contributed by atoms with E-state index >= 15 is 0 Å². The fourth-order valence-corrected chi connectivity index (χ4v) is 1.66. The highest BCUT2D eigenvalue weighted by Crippen LogP contribution is 2.12. The molecule has 1 rings (SSSR count). The van der Waals surface area contributed by atoms with E-state index in [2.05, 4.69) is 14.9 Å². The average molecular weight is 213 g/mol. The Morgan fingerprint density at radius 2 is 2.14 bits per heavy atom. The van der Waals surface area contributed by atoms with Gasteiger partial charge in [-0.3, -0.25) is 4.79 Å². The predicted octanol–water partition coefficient (Wildman–Crippen LogP) is 1.63. The van der Waals surface area contributed by atoms with Crippen LogP contribution in [0.5, 0.6) is 0 Å². The van der Waals surface area contributed by atoms with Gasteiger partial charge in [0.15, 0.2) is 0 Å². The van der Waals surface area contributed by atoms with Crippen LogP contribution >= 0.6 is 11.5 Å². The number of hydrogen-bond acceptors (Lipinski definition) is 4. The molecule has 0 fully saturated rings. The Bertz CT molecular complexity index is 327. The van der Waals surface area contributed by atoms with Crippen molar-refractivity contribution < 1.29 is 4.79 Å². The number of carbonyl (C=O) groups is 1. The lowest BCUT2D eigenvalue weighted by atomic mass is 10.1. The van der Waals surface area contributed by atoms with Gasteiger partial charge in [-0.25, -0.2) is 0 Å². The minimum atomic E-state index is -0.216. The molecule has 0 saturated carbocycles. The van der Waals surface area contributed by atoms with Crippen molar-refractivity contribution in [3.05, 3.63) is 10.6 Å². The van der Waals surface area contributed by atoms with Gasteiger partial charge in [-0.05, 0) is 38.7 Å². The van der Waals surface area contributed by atoms with E-state index in [0.717, 1.165) is 23.6 Å². The molecule has 0 saturated heterocycles. The molecule has 1 N–H and O–H groups in total. The normalized spacial score (nSPS) is 11.4. The van der Waals surface area contributed by atoms with E-state index in [9.17, 15) is 4.79 Å². The van der Waals surface area contributed by atoms with Gasteiger partial charge in [-0.1, -0.05) is 11.4 Å². The Labute approximate surface area is 87.9 Å². The van der Waals surface area contributed by atoms with Gasteiger partial charge in [0.05, 0.1) is 5.69 Å². The maximum Gasteiger partial charge on any atom is 0.265 e. The molecule has 0 unspecified atom stereocenters. The average Bonchev–Trinajstić information content (AvgIpc) is 2.47. The highest BCUT2D eigenvalue weighted by atomic mass is 32.1. The molecule has 1 aromatic rings. The molecule has 1 aromatic heterocycles. The van der Waals surface area contributed by atoms with Gasteiger partial charge in [-0.2, -0.15) is 0 Å². The summed E-state index contributed by atoms with van der Waals surface area (Å²) in [6.07, 6.45) is 0.739. The Hall–Kier alpha value is -0.970. The molecule has 0 aliphatic heterocycles. The van der Waals surface area contributed by atoms with Gasteiger partial charge >= 0.3 is 0 Å². The molecule has 0 aliphatic carbocycles. The first kappa shape index (κ1) is 11.1. The molecule has 0 atom stereocenters. The van der Waals surface area contributed by atoms with Crippen molar-refractivity contribution in [3.63, 3.8) is 0 Å². The predicted molar refractivity (Wildman–Crippen MR) is 56.5 cm³/mol. The summed E-state index contributed by atoms with van der Waals surface area (Å²) in [5.41, 5.74) is 0.559. The van der Waals surface area contributed by atoms with E-state index < -0.39 is 0 Å². The van der Waals surface area contributed by atoms with Crippen LogP contribution in [0.4, 0.5) is 0 Å². The minimum Gasteiger partial charge on any atom is -0.347 e. The van der Waals surface area contributed by atoms with E-state index in [-0.39, 0.29) is 11.4 Å². The Balaban J connectivity index is 2.80. The third-order valence-corrected chi connectivity index (χ3v) is 2.35. The third-order valence-electron chi connectivity index (χ3n) is 1.59. The largest absolute Gasteiger partial charge is 0.347 e. The number of hydrogen-bond donors (Lipinski definition) is 1. The van der Waals surface area contributed by atoms with Crippen molar-refractivity contribution in [1.29, 1.82) is 0 Å². The molecule has 4 nitrogen and oxygen atoms in total. The van der Waals surface area contributed by atoms with Crippen LogP contribution in [-0.4, -0.2) is 21.0 Å². The second kappa shape index (κ2) is 4.04. The van der Waals surface area contributed by atoms with Crippen LogP contribution in [0, 0.1) is 0 Å². The highest BCUT2D eigenvalue weighted by molar-refractivity contribution is 7.08. The summed E-state index contributed by atoms with van der Waals surface area (Å²) in [5.74, 6) is -0.0793. The molecule has 5 heteroatoms. The number of carbonyl (C=O) groups excluding carboxylic acids is 1. The van der Waals surface area contributed by atoms with Crippen molar-refractivity contribution >= 4 is 17.4 Å². The zero-order valence-corrected chi connectivity index (χ0v) is 9.73. The smallest absolute Gasteiger partial charge is 0.265 e. The first-order chi connectivity index (χ1) is 6.44. The summed E-state index contributed by atoms with van der Waals surface area (Å²) < 4.78 is 3.77. The molecule has 14 heavy (non-hydrogen) atoms. The topological polar surface area (TPSA) is 54.9 Å². The third kappa shape index (κ3) is 2.77. The van der Waals surface area contributed by atoms with Crippen molar-refractivity contribution in [1.82, 2.24) is 14.9 Å². The second-order valence-electron chi connectivity index (χ2n) is 4.11. The number of aromatic nitrogens is 2. The van der Waals surface area contributed by atoms with Gasteiger partial charge in [0.1, 0.15) is 4.88 Å². The lowest BCUT2D eigenvalue weighted by molar-refractivity contribution is 0.0922. The van der Waals surface area contributed by atoms with Gasteiger partial charge < -0.3 is 5.32 Å². The zero-order chi connectivity index (χ0) is 10.8. The number of nitrogens with one attached hydrogen (secondary N) is 1. The molecular formula is C9H15N3OS. The van der Waals surface area contributed by atoms with Crippen LogP contribution in [0.3, 0.4) is 0 Å². The maximum atomic E-state index is 11.7. The van der Waals surface area contributed by atoms with Crippen molar-refractivity contribution in [2.24, 2.45) is 0 Å². The second-order valence-corrected chi connectivity index (χ2v) is 4.86. The molecular weight excluding hydrogens is 198 g/mol. The van der Waals surface area contributed by atoms with Gasteiger partial charge in [-0.15, -0.1) is 5.10 Å². The van der Waals surface area contributed by atoms with E-state index in [1.807, 2.05) is 27.7 Å². The van der Waals surface area contributed by atoms with Crippen molar-refractivity contribution in [3.8, 4) is 0 Å². The van der Waals surface area contributed by atoms with Crippen LogP contribution in [0.15, 0.2) is 0 Å². The summed E-state index contributed by atoms with van der Waals surface area (Å²) in [7, 11) is 0. The molecule has 0 radical (unpaired) electrons. The zero-order valence-electron chi connectivity index (χ0n) is 8.92. The number of rotatable bonds is 2. The fourth-order valence-electron chi connectivity index (χ4n) is 1.01. The highest BCUT2D eigenvalue weighted by Gasteiger charge is 2.19. The molecule has 0 spiro atoms. The van der Waals surface area contributed by atoms with Crippen molar-refractivity contribution in [2.75, 3.05) is 0 Å². The number of nitrogens with zero attached hydrogens (tertiary/aromatic N) is 2.